The van der Waals surface area contributed by atoms with Gasteiger partial charge < -0.3 is 37.9 Å². The van der Waals surface area contributed by atoms with Gasteiger partial charge in [0.15, 0.2) is 0 Å². The van der Waals surface area contributed by atoms with Crippen LogP contribution in [0.25, 0.3) is 11.1 Å². The highest BCUT2D eigenvalue weighted by Gasteiger charge is 2.13. The van der Waals surface area contributed by atoms with Gasteiger partial charge in [0, 0.05) is 34.4 Å². The second kappa shape index (κ2) is 19.9. The smallest absolute Gasteiger partial charge is 0.333 e. The van der Waals surface area contributed by atoms with E-state index in [9.17, 15) is 19.2 Å². The zero-order chi connectivity index (χ0) is 35.6. The van der Waals surface area contributed by atoms with E-state index in [-0.39, 0.29) is 75.1 Å². The van der Waals surface area contributed by atoms with Crippen LogP contribution in [0.5, 0.6) is 23.0 Å². The first-order valence-corrected chi connectivity index (χ1v) is 14.9. The molecule has 0 saturated carbocycles. The van der Waals surface area contributed by atoms with Crippen molar-refractivity contribution in [3.05, 3.63) is 85.0 Å². The molecule has 0 aliphatic heterocycles. The monoisotopic (exact) mass is 666 g/mol. The molecule has 48 heavy (non-hydrogen) atoms. The van der Waals surface area contributed by atoms with E-state index in [4.69, 9.17) is 37.9 Å². The number of rotatable bonds is 21. The van der Waals surface area contributed by atoms with Gasteiger partial charge in [0.05, 0.1) is 0 Å². The molecular weight excluding hydrogens is 624 g/mol. The molecule has 0 unspecified atom stereocenters. The summed E-state index contributed by atoms with van der Waals surface area (Å²) in [6.45, 7) is 20.5. The van der Waals surface area contributed by atoms with Crippen LogP contribution < -0.4 is 18.9 Å². The molecule has 0 N–H and O–H groups in total. The number of benzene rings is 2. The van der Waals surface area contributed by atoms with Crippen LogP contribution in [0.3, 0.4) is 0 Å². The lowest BCUT2D eigenvalue weighted by molar-refractivity contribution is -0.140. The largest absolute Gasteiger partial charge is 0.490 e. The molecule has 0 bridgehead atoms. The maximum Gasteiger partial charge on any atom is 0.333 e. The molecule has 2 aromatic rings. The van der Waals surface area contributed by atoms with Crippen LogP contribution in [0.15, 0.2) is 85.0 Å². The number of carbonyl (C=O) groups is 4. The lowest BCUT2D eigenvalue weighted by Gasteiger charge is -2.16. The average Bonchev–Trinajstić information content (AvgIpc) is 3.04. The summed E-state index contributed by atoms with van der Waals surface area (Å²) in [7, 11) is 0. The minimum atomic E-state index is -0.534. The van der Waals surface area contributed by atoms with E-state index in [2.05, 4.69) is 26.3 Å². The van der Waals surface area contributed by atoms with Gasteiger partial charge in [0.2, 0.25) is 0 Å². The molecule has 0 fully saturated rings. The predicted molar refractivity (Wildman–Crippen MR) is 177 cm³/mol. The number of hydrogen-bond donors (Lipinski definition) is 0. The van der Waals surface area contributed by atoms with E-state index in [0.29, 0.717) is 34.1 Å². The Morgan fingerprint density at radius 3 is 0.792 bits per heavy atom. The Morgan fingerprint density at radius 1 is 0.396 bits per heavy atom. The second-order valence-corrected chi connectivity index (χ2v) is 10.4. The van der Waals surface area contributed by atoms with Gasteiger partial charge in [-0.3, -0.25) is 0 Å². The molecule has 0 heterocycles. The van der Waals surface area contributed by atoms with Gasteiger partial charge in [-0.15, -0.1) is 0 Å². The summed E-state index contributed by atoms with van der Waals surface area (Å²) in [4.78, 5) is 47.0. The van der Waals surface area contributed by atoms with Crippen LogP contribution in [0.2, 0.25) is 0 Å². The van der Waals surface area contributed by atoms with E-state index < -0.39 is 23.9 Å². The summed E-state index contributed by atoms with van der Waals surface area (Å²) in [5.74, 6) is -0.578. The molecule has 2 rings (SSSR count). The molecule has 0 aliphatic rings. The fraction of sp³-hybridized carbons (Fsp3) is 0.333. The minimum Gasteiger partial charge on any atom is -0.490 e. The third kappa shape index (κ3) is 14.3. The molecule has 0 spiro atoms. The summed E-state index contributed by atoms with van der Waals surface area (Å²) in [5.41, 5.74) is 2.31. The second-order valence-electron chi connectivity index (χ2n) is 10.4. The summed E-state index contributed by atoms with van der Waals surface area (Å²) in [6, 6.07) is 10.2. The third-order valence-electron chi connectivity index (χ3n) is 5.83. The number of ether oxygens (including phenoxy) is 8. The van der Waals surface area contributed by atoms with Crippen LogP contribution in [0.1, 0.15) is 27.7 Å². The van der Waals surface area contributed by atoms with Crippen LogP contribution >= 0.6 is 0 Å². The first kappa shape index (κ1) is 38.7. The standard InChI is InChI=1S/C36H42O12/c1-23(2)33(37)45-13-9-41-29-17-27(18-30(21-29)42-10-14-46-34(38)24(3)4)28-19-31(43-11-15-47-35(39)25(5)6)22-32(20-28)44-12-16-48-36(40)26(7)8/h17-22H,1,3,5,7,9-16H2,2,4,6,8H3. The van der Waals surface area contributed by atoms with E-state index in [0.717, 1.165) is 0 Å². The normalized spacial score (nSPS) is 10.2. The maximum absolute atomic E-state index is 11.7. The third-order valence-corrected chi connectivity index (χ3v) is 5.83. The Kier molecular flexibility index (Phi) is 16.0. The highest BCUT2D eigenvalue weighted by Crippen LogP contribution is 2.35. The van der Waals surface area contributed by atoms with E-state index in [1.165, 1.54) is 0 Å². The van der Waals surface area contributed by atoms with Crippen molar-refractivity contribution in [1.29, 1.82) is 0 Å². The van der Waals surface area contributed by atoms with Gasteiger partial charge >= 0.3 is 23.9 Å². The summed E-state index contributed by atoms with van der Waals surface area (Å²) >= 11 is 0. The Bertz CT molecular complexity index is 1300. The molecule has 0 aromatic heterocycles. The molecule has 0 atom stereocenters. The fourth-order valence-corrected chi connectivity index (χ4v) is 3.48. The lowest BCUT2D eigenvalue weighted by Crippen LogP contribution is -2.13. The molecule has 258 valence electrons. The van der Waals surface area contributed by atoms with Gasteiger partial charge in [0.25, 0.3) is 0 Å². The molecule has 0 saturated heterocycles. The molecule has 0 aliphatic carbocycles. The minimum absolute atomic E-state index is 0.0177. The molecule has 0 radical (unpaired) electrons. The van der Waals surface area contributed by atoms with Crippen molar-refractivity contribution in [1.82, 2.24) is 0 Å². The SMILES string of the molecule is C=C(C)C(=O)OCCOc1cc(OCCOC(=O)C(=C)C)cc(-c2cc(OCCOC(=O)C(=C)C)cc(OCCOC(=O)C(=C)C)c2)c1. The van der Waals surface area contributed by atoms with Crippen molar-refractivity contribution in [3.8, 4) is 34.1 Å². The molecule has 12 heteroatoms. The Hall–Kier alpha value is -5.52. The first-order chi connectivity index (χ1) is 22.8. The van der Waals surface area contributed by atoms with E-state index in [1.807, 2.05) is 0 Å². The zero-order valence-electron chi connectivity index (χ0n) is 27.8. The molecule has 2 aromatic carbocycles. The highest BCUT2D eigenvalue weighted by atomic mass is 16.6. The summed E-state index contributed by atoms with van der Waals surface area (Å²) in [6.07, 6.45) is 0. The van der Waals surface area contributed by atoms with Gasteiger partial charge in [-0.1, -0.05) is 26.3 Å². The van der Waals surface area contributed by atoms with Gasteiger partial charge in [0.1, 0.15) is 75.9 Å². The summed E-state index contributed by atoms with van der Waals surface area (Å²) < 4.78 is 43.9. The van der Waals surface area contributed by atoms with Crippen molar-refractivity contribution in [3.63, 3.8) is 0 Å². The van der Waals surface area contributed by atoms with Crippen LogP contribution in [-0.4, -0.2) is 76.7 Å². The van der Waals surface area contributed by atoms with Crippen molar-refractivity contribution in [2.75, 3.05) is 52.9 Å². The van der Waals surface area contributed by atoms with Gasteiger partial charge in [-0.25, -0.2) is 19.2 Å². The van der Waals surface area contributed by atoms with Crippen LogP contribution in [0, 0.1) is 0 Å². The molecule has 0 amide bonds. The van der Waals surface area contributed by atoms with Crippen molar-refractivity contribution < 1.29 is 57.1 Å². The van der Waals surface area contributed by atoms with Crippen molar-refractivity contribution >= 4 is 23.9 Å². The molecular formula is C36H42O12. The molecule has 12 nitrogen and oxygen atoms in total. The van der Waals surface area contributed by atoms with Gasteiger partial charge in [-0.05, 0) is 63.1 Å². The van der Waals surface area contributed by atoms with Crippen LogP contribution in [-0.2, 0) is 38.1 Å². The van der Waals surface area contributed by atoms with Crippen molar-refractivity contribution in [2.45, 2.75) is 27.7 Å². The van der Waals surface area contributed by atoms with Gasteiger partial charge in [-0.2, -0.15) is 0 Å². The van der Waals surface area contributed by atoms with E-state index >= 15 is 0 Å². The average molecular weight is 667 g/mol. The lowest BCUT2D eigenvalue weighted by atomic mass is 10.0. The zero-order valence-corrected chi connectivity index (χ0v) is 27.8. The number of hydrogen-bond acceptors (Lipinski definition) is 12. The predicted octanol–water partition coefficient (Wildman–Crippen LogP) is 5.35. The Morgan fingerprint density at radius 2 is 0.604 bits per heavy atom. The topological polar surface area (TPSA) is 142 Å². The van der Waals surface area contributed by atoms with Crippen LogP contribution in [0.4, 0.5) is 0 Å². The Balaban J connectivity index is 2.34. The Labute approximate surface area is 280 Å². The highest BCUT2D eigenvalue weighted by molar-refractivity contribution is 5.88. The number of carbonyl (C=O) groups excluding carboxylic acids is 4. The maximum atomic E-state index is 11.7. The number of esters is 4. The summed E-state index contributed by atoms with van der Waals surface area (Å²) in [5, 5.41) is 0. The fourth-order valence-electron chi connectivity index (χ4n) is 3.48. The van der Waals surface area contributed by atoms with E-state index in [1.54, 1.807) is 64.1 Å². The van der Waals surface area contributed by atoms with Crippen molar-refractivity contribution in [2.24, 2.45) is 0 Å². The first-order valence-electron chi connectivity index (χ1n) is 14.9. The quantitative estimate of drug-likeness (QED) is 0.0734.